The highest BCUT2D eigenvalue weighted by Crippen LogP contribution is 2.18. The van der Waals surface area contributed by atoms with Gasteiger partial charge in [-0.1, -0.05) is 36.2 Å². The molecule has 1 heterocycles. The highest BCUT2D eigenvalue weighted by atomic mass is 35.5. The summed E-state index contributed by atoms with van der Waals surface area (Å²) in [6.45, 7) is 3.51. The second-order valence-electron chi connectivity index (χ2n) is 4.09. The first-order valence-corrected chi connectivity index (χ1v) is 6.04. The molecule has 1 fully saturated rings. The lowest BCUT2D eigenvalue weighted by atomic mass is 10.1. The van der Waals surface area contributed by atoms with Gasteiger partial charge >= 0.3 is 0 Å². The average Bonchev–Trinajstić information content (AvgIpc) is 2.29. The molecular weight excluding hydrogens is 206 g/mol. The second-order valence-corrected chi connectivity index (χ2v) is 4.49. The molecule has 1 saturated heterocycles. The molecule has 0 bridgehead atoms. The quantitative estimate of drug-likeness (QED) is 0.758. The molecule has 81 valence electrons. The van der Waals surface area contributed by atoms with Crippen molar-refractivity contribution >= 4 is 11.6 Å². The van der Waals surface area contributed by atoms with E-state index in [9.17, 15) is 0 Å². The first kappa shape index (κ1) is 11.0. The van der Waals surface area contributed by atoms with E-state index in [2.05, 4.69) is 17.4 Å². The summed E-state index contributed by atoms with van der Waals surface area (Å²) in [5.74, 6) is 0. The molecule has 0 unspecified atom stereocenters. The van der Waals surface area contributed by atoms with Crippen LogP contribution in [-0.4, -0.2) is 24.5 Å². The van der Waals surface area contributed by atoms with E-state index in [-0.39, 0.29) is 0 Å². The Morgan fingerprint density at radius 2 is 1.87 bits per heavy atom. The summed E-state index contributed by atoms with van der Waals surface area (Å²) in [6, 6.07) is 8.03. The molecule has 0 aliphatic carbocycles. The van der Waals surface area contributed by atoms with Gasteiger partial charge < -0.3 is 4.90 Å². The van der Waals surface area contributed by atoms with E-state index >= 15 is 0 Å². The highest BCUT2D eigenvalue weighted by Gasteiger charge is 2.10. The summed E-state index contributed by atoms with van der Waals surface area (Å²) in [7, 11) is 0. The number of hydrogen-bond acceptors (Lipinski definition) is 1. The molecule has 2 rings (SSSR count). The van der Waals surface area contributed by atoms with Gasteiger partial charge in [-0.25, -0.2) is 0 Å². The third-order valence-electron chi connectivity index (χ3n) is 2.92. The van der Waals surface area contributed by atoms with Crippen LogP contribution < -0.4 is 0 Å². The molecule has 0 atom stereocenters. The van der Waals surface area contributed by atoms with Crippen molar-refractivity contribution in [3.8, 4) is 0 Å². The van der Waals surface area contributed by atoms with Crippen molar-refractivity contribution in [3.63, 3.8) is 0 Å². The van der Waals surface area contributed by atoms with Gasteiger partial charge in [0.2, 0.25) is 0 Å². The molecule has 2 heteroatoms. The molecule has 15 heavy (non-hydrogen) atoms. The van der Waals surface area contributed by atoms with Gasteiger partial charge in [0.25, 0.3) is 0 Å². The Morgan fingerprint density at radius 1 is 1.13 bits per heavy atom. The number of hydrogen-bond donors (Lipinski definition) is 0. The highest BCUT2D eigenvalue weighted by molar-refractivity contribution is 6.31. The van der Waals surface area contributed by atoms with Crippen molar-refractivity contribution in [2.24, 2.45) is 0 Å². The molecule has 0 spiro atoms. The van der Waals surface area contributed by atoms with Gasteiger partial charge in [0, 0.05) is 18.0 Å². The molecule has 1 aromatic carbocycles. The van der Waals surface area contributed by atoms with E-state index in [1.54, 1.807) is 0 Å². The number of benzene rings is 1. The van der Waals surface area contributed by atoms with E-state index < -0.39 is 0 Å². The van der Waals surface area contributed by atoms with Crippen LogP contribution in [0.4, 0.5) is 0 Å². The van der Waals surface area contributed by atoms with Crippen molar-refractivity contribution in [2.45, 2.75) is 19.3 Å². The maximum Gasteiger partial charge on any atom is 0.0441 e. The standard InChI is InChI=1S/C13H17ClN/c14-13-7-3-2-6-12(13)8-11-15-9-4-1-5-10-15/h2-3,6-8H,1,4-5,9-11H2. The number of nitrogens with zero attached hydrogens (tertiary/aromatic N) is 1. The maximum absolute atomic E-state index is 6.09. The molecule has 0 amide bonds. The van der Waals surface area contributed by atoms with Gasteiger partial charge in [-0.15, -0.1) is 0 Å². The van der Waals surface area contributed by atoms with E-state index in [1.807, 2.05) is 18.2 Å². The molecule has 0 aromatic heterocycles. The van der Waals surface area contributed by atoms with Crippen LogP contribution in [0.3, 0.4) is 0 Å². The minimum absolute atomic E-state index is 0.856. The lowest BCUT2D eigenvalue weighted by Gasteiger charge is -2.26. The predicted molar refractivity (Wildman–Crippen MR) is 65.1 cm³/mol. The zero-order chi connectivity index (χ0) is 10.5. The molecule has 1 aliphatic rings. The Hall–Kier alpha value is -0.530. The SMILES string of the molecule is Clc1ccccc1[CH]CN1CCCCC1. The van der Waals surface area contributed by atoms with Gasteiger partial charge in [0.1, 0.15) is 0 Å². The van der Waals surface area contributed by atoms with Crippen molar-refractivity contribution in [2.75, 3.05) is 19.6 Å². The van der Waals surface area contributed by atoms with Gasteiger partial charge in [0.05, 0.1) is 0 Å². The van der Waals surface area contributed by atoms with Crippen molar-refractivity contribution in [3.05, 3.63) is 41.3 Å². The number of piperidine rings is 1. The summed E-state index contributed by atoms with van der Waals surface area (Å²) in [6.07, 6.45) is 6.31. The summed E-state index contributed by atoms with van der Waals surface area (Å²) < 4.78 is 0. The van der Waals surface area contributed by atoms with Crippen LogP contribution in [0.1, 0.15) is 24.8 Å². The van der Waals surface area contributed by atoms with E-state index in [1.165, 1.54) is 32.4 Å². The Kier molecular flexibility index (Phi) is 4.04. The van der Waals surface area contributed by atoms with Crippen molar-refractivity contribution in [1.82, 2.24) is 4.90 Å². The minimum atomic E-state index is 0.856. The number of halogens is 1. The molecular formula is C13H17ClN. The van der Waals surface area contributed by atoms with Crippen LogP contribution >= 0.6 is 11.6 Å². The molecule has 1 radical (unpaired) electrons. The lowest BCUT2D eigenvalue weighted by Crippen LogP contribution is -2.30. The van der Waals surface area contributed by atoms with Crippen LogP contribution in [0.15, 0.2) is 24.3 Å². The van der Waals surface area contributed by atoms with E-state index in [0.717, 1.165) is 17.1 Å². The first-order chi connectivity index (χ1) is 7.36. The van der Waals surface area contributed by atoms with Crippen LogP contribution in [0, 0.1) is 6.42 Å². The first-order valence-electron chi connectivity index (χ1n) is 5.66. The summed E-state index contributed by atoms with van der Waals surface area (Å²) in [4.78, 5) is 2.49. The Labute approximate surface area is 97.0 Å². The predicted octanol–water partition coefficient (Wildman–Crippen LogP) is 3.38. The lowest BCUT2D eigenvalue weighted by molar-refractivity contribution is 0.246. The van der Waals surface area contributed by atoms with Crippen LogP contribution in [-0.2, 0) is 0 Å². The average molecular weight is 223 g/mol. The van der Waals surface area contributed by atoms with Crippen molar-refractivity contribution < 1.29 is 0 Å². The van der Waals surface area contributed by atoms with Gasteiger partial charge in [0.15, 0.2) is 0 Å². The minimum Gasteiger partial charge on any atom is -0.303 e. The molecule has 1 aromatic rings. The normalized spacial score (nSPS) is 17.9. The Balaban J connectivity index is 1.84. The molecule has 1 nitrogen and oxygen atoms in total. The molecule has 1 aliphatic heterocycles. The number of likely N-dealkylation sites (tertiary alicyclic amines) is 1. The summed E-state index contributed by atoms with van der Waals surface area (Å²) >= 11 is 6.09. The smallest absolute Gasteiger partial charge is 0.0441 e. The Morgan fingerprint density at radius 3 is 2.60 bits per heavy atom. The van der Waals surface area contributed by atoms with E-state index in [4.69, 9.17) is 11.6 Å². The molecule has 0 N–H and O–H groups in total. The third kappa shape index (κ3) is 3.22. The third-order valence-corrected chi connectivity index (χ3v) is 3.27. The van der Waals surface area contributed by atoms with Gasteiger partial charge in [-0.3, -0.25) is 0 Å². The largest absolute Gasteiger partial charge is 0.303 e. The monoisotopic (exact) mass is 222 g/mol. The summed E-state index contributed by atoms with van der Waals surface area (Å²) in [5, 5.41) is 0.856. The summed E-state index contributed by atoms with van der Waals surface area (Å²) in [5.41, 5.74) is 1.16. The topological polar surface area (TPSA) is 3.24 Å². The fraction of sp³-hybridized carbons (Fsp3) is 0.462. The fourth-order valence-corrected chi connectivity index (χ4v) is 2.22. The van der Waals surface area contributed by atoms with Crippen LogP contribution in [0.5, 0.6) is 0 Å². The van der Waals surface area contributed by atoms with Crippen LogP contribution in [0.2, 0.25) is 5.02 Å². The van der Waals surface area contributed by atoms with Crippen molar-refractivity contribution in [1.29, 1.82) is 0 Å². The number of rotatable bonds is 3. The maximum atomic E-state index is 6.09. The van der Waals surface area contributed by atoms with Gasteiger partial charge in [-0.2, -0.15) is 0 Å². The van der Waals surface area contributed by atoms with Crippen LogP contribution in [0.25, 0.3) is 0 Å². The zero-order valence-electron chi connectivity index (χ0n) is 8.95. The zero-order valence-corrected chi connectivity index (χ0v) is 9.71. The van der Waals surface area contributed by atoms with Gasteiger partial charge in [-0.05, 0) is 37.6 Å². The fourth-order valence-electron chi connectivity index (χ4n) is 2.01. The second kappa shape index (κ2) is 5.53. The Bertz CT molecular complexity index is 305. The van der Waals surface area contributed by atoms with E-state index in [0.29, 0.717) is 0 Å². The molecule has 0 saturated carbocycles.